The summed E-state index contributed by atoms with van der Waals surface area (Å²) in [6.07, 6.45) is 2.00. The minimum Gasteiger partial charge on any atom is -0.497 e. The van der Waals surface area contributed by atoms with Crippen molar-refractivity contribution in [2.45, 2.75) is 40.2 Å². The molecule has 0 aliphatic carbocycles. The van der Waals surface area contributed by atoms with Crippen LogP contribution in [0.3, 0.4) is 0 Å². The second-order valence-corrected chi connectivity index (χ2v) is 10.4. The quantitative estimate of drug-likeness (QED) is 0.363. The second-order valence-electron chi connectivity index (χ2n) is 10.4. The lowest BCUT2D eigenvalue weighted by atomic mass is 10.1. The van der Waals surface area contributed by atoms with Crippen LogP contribution >= 0.6 is 0 Å². The fraction of sp³-hybridized carbons (Fsp3) is 0.516. The third-order valence-corrected chi connectivity index (χ3v) is 8.31. The molecule has 5 rings (SSSR count). The van der Waals surface area contributed by atoms with Crippen molar-refractivity contribution in [3.63, 3.8) is 0 Å². The average molecular weight is 535 g/mol. The van der Waals surface area contributed by atoms with Gasteiger partial charge in [0.25, 0.3) is 5.91 Å². The molecule has 8 nitrogen and oxygen atoms in total. The summed E-state index contributed by atoms with van der Waals surface area (Å²) >= 11 is 0. The molecule has 0 atom stereocenters. The van der Waals surface area contributed by atoms with Gasteiger partial charge in [0.2, 0.25) is 6.79 Å². The lowest BCUT2D eigenvalue weighted by Gasteiger charge is -2.35. The highest BCUT2D eigenvalue weighted by Gasteiger charge is 2.27. The molecule has 0 radical (unpaired) electrons. The number of piperazine rings is 1. The number of nitrogens with zero attached hydrogens (tertiary/aromatic N) is 4. The van der Waals surface area contributed by atoms with Crippen LogP contribution in [0.4, 0.5) is 0 Å². The van der Waals surface area contributed by atoms with E-state index in [4.69, 9.17) is 14.2 Å². The normalized spacial score (nSPS) is 15.5. The fourth-order valence-corrected chi connectivity index (χ4v) is 5.85. The van der Waals surface area contributed by atoms with Gasteiger partial charge in [0.05, 0.1) is 12.7 Å². The molecule has 2 aliphatic heterocycles. The largest absolute Gasteiger partial charge is 0.497 e. The molecular formula is C31H42N4O4. The molecule has 8 heteroatoms. The van der Waals surface area contributed by atoms with Crippen molar-refractivity contribution < 1.29 is 19.0 Å². The van der Waals surface area contributed by atoms with Crippen molar-refractivity contribution in [3.8, 4) is 17.2 Å². The van der Waals surface area contributed by atoms with Crippen molar-refractivity contribution in [3.05, 3.63) is 53.2 Å². The molecule has 210 valence electrons. The van der Waals surface area contributed by atoms with Crippen LogP contribution < -0.4 is 14.2 Å². The lowest BCUT2D eigenvalue weighted by Crippen LogP contribution is -2.49. The van der Waals surface area contributed by atoms with Gasteiger partial charge in [-0.15, -0.1) is 0 Å². The first-order valence-corrected chi connectivity index (χ1v) is 14.3. The summed E-state index contributed by atoms with van der Waals surface area (Å²) in [7, 11) is 1.68. The van der Waals surface area contributed by atoms with E-state index in [-0.39, 0.29) is 5.91 Å². The number of aromatic nitrogens is 1. The molecule has 2 aliphatic rings. The zero-order valence-electron chi connectivity index (χ0n) is 23.9. The van der Waals surface area contributed by atoms with Crippen molar-refractivity contribution in [2.24, 2.45) is 0 Å². The van der Waals surface area contributed by atoms with Gasteiger partial charge < -0.3 is 28.6 Å². The van der Waals surface area contributed by atoms with Crippen molar-refractivity contribution in [1.29, 1.82) is 0 Å². The Bertz CT molecular complexity index is 1290. The van der Waals surface area contributed by atoms with Crippen LogP contribution in [0.15, 0.2) is 36.4 Å². The van der Waals surface area contributed by atoms with E-state index in [0.717, 1.165) is 111 Å². The summed E-state index contributed by atoms with van der Waals surface area (Å²) in [6, 6.07) is 12.3. The number of benzene rings is 2. The Morgan fingerprint density at radius 1 is 0.974 bits per heavy atom. The zero-order chi connectivity index (χ0) is 27.4. The lowest BCUT2D eigenvalue weighted by molar-refractivity contribution is 0.0639. The topological polar surface area (TPSA) is 59.4 Å². The summed E-state index contributed by atoms with van der Waals surface area (Å²) in [5.74, 6) is 2.57. The maximum absolute atomic E-state index is 13.9. The molecule has 39 heavy (non-hydrogen) atoms. The predicted molar refractivity (Wildman–Crippen MR) is 154 cm³/mol. The number of carbonyl (C=O) groups excluding carboxylic acids is 1. The highest BCUT2D eigenvalue weighted by Crippen LogP contribution is 2.33. The summed E-state index contributed by atoms with van der Waals surface area (Å²) in [5, 5.41) is 0.991. The number of methoxy groups -OCH3 is 1. The first kappa shape index (κ1) is 27.3. The molecule has 2 aromatic carbocycles. The summed E-state index contributed by atoms with van der Waals surface area (Å²) < 4.78 is 18.8. The van der Waals surface area contributed by atoms with Crippen LogP contribution in [0, 0.1) is 6.92 Å². The van der Waals surface area contributed by atoms with Gasteiger partial charge in [0, 0.05) is 55.9 Å². The Balaban J connectivity index is 1.25. The van der Waals surface area contributed by atoms with E-state index < -0.39 is 0 Å². The predicted octanol–water partition coefficient (Wildman–Crippen LogP) is 4.42. The van der Waals surface area contributed by atoms with Gasteiger partial charge in [0.15, 0.2) is 11.5 Å². The van der Waals surface area contributed by atoms with Gasteiger partial charge in [-0.25, -0.2) is 0 Å². The smallest absolute Gasteiger partial charge is 0.256 e. The molecule has 0 saturated carbocycles. The molecule has 1 fully saturated rings. The monoisotopic (exact) mass is 534 g/mol. The Morgan fingerprint density at radius 2 is 1.74 bits per heavy atom. The van der Waals surface area contributed by atoms with Crippen LogP contribution in [-0.2, 0) is 13.0 Å². The third-order valence-electron chi connectivity index (χ3n) is 8.31. The van der Waals surface area contributed by atoms with Gasteiger partial charge in [-0.3, -0.25) is 9.69 Å². The van der Waals surface area contributed by atoms with Crippen LogP contribution in [0.5, 0.6) is 17.2 Å². The number of hydrogen-bond donors (Lipinski definition) is 0. The minimum absolute atomic E-state index is 0.128. The first-order valence-electron chi connectivity index (χ1n) is 14.3. The molecule has 1 aromatic heterocycles. The first-order chi connectivity index (χ1) is 19.0. The number of amides is 1. The Labute approximate surface area is 232 Å². The summed E-state index contributed by atoms with van der Waals surface area (Å²) in [5.41, 5.74) is 4.23. The maximum Gasteiger partial charge on any atom is 0.256 e. The number of fused-ring (bicyclic) bond motifs is 2. The Morgan fingerprint density at radius 3 is 2.49 bits per heavy atom. The second kappa shape index (κ2) is 12.3. The number of hydrogen-bond acceptors (Lipinski definition) is 6. The van der Waals surface area contributed by atoms with E-state index in [1.807, 2.05) is 23.1 Å². The number of aryl methyl sites for hydroxylation is 1. The molecular weight excluding hydrogens is 492 g/mol. The van der Waals surface area contributed by atoms with Crippen LogP contribution in [0.25, 0.3) is 10.9 Å². The van der Waals surface area contributed by atoms with Gasteiger partial charge in [-0.2, -0.15) is 0 Å². The molecule has 0 spiro atoms. The standard InChI is InChI=1S/C31H42N4O4/c1-5-32(6-2)13-7-14-35-23(3)30(26-21-25(37-4)9-10-27(26)35)31(36)34-18-16-33(17-19-34)15-12-24-8-11-28-29(20-24)39-22-38-28/h8-11,20-21H,5-7,12-19,22H2,1-4H3. The summed E-state index contributed by atoms with van der Waals surface area (Å²) in [6.45, 7) is 15.1. The molecule has 3 heterocycles. The van der Waals surface area contributed by atoms with Crippen LogP contribution in [-0.4, -0.2) is 91.4 Å². The van der Waals surface area contributed by atoms with Crippen molar-refractivity contribution >= 4 is 16.8 Å². The highest BCUT2D eigenvalue weighted by molar-refractivity contribution is 6.08. The van der Waals surface area contributed by atoms with E-state index >= 15 is 0 Å². The molecule has 1 saturated heterocycles. The minimum atomic E-state index is 0.128. The number of ether oxygens (including phenoxy) is 3. The highest BCUT2D eigenvalue weighted by atomic mass is 16.7. The third kappa shape index (κ3) is 5.87. The molecule has 0 N–H and O–H groups in total. The van der Waals surface area contributed by atoms with E-state index in [1.165, 1.54) is 5.56 Å². The molecule has 0 bridgehead atoms. The Kier molecular flexibility index (Phi) is 8.63. The Hall–Kier alpha value is -3.23. The fourth-order valence-electron chi connectivity index (χ4n) is 5.85. The van der Waals surface area contributed by atoms with Crippen LogP contribution in [0.1, 0.15) is 41.9 Å². The average Bonchev–Trinajstić information content (AvgIpc) is 3.55. The van der Waals surface area contributed by atoms with Gasteiger partial charge in [-0.05, 0) is 75.3 Å². The zero-order valence-corrected chi connectivity index (χ0v) is 23.9. The van der Waals surface area contributed by atoms with E-state index in [1.54, 1.807) is 7.11 Å². The van der Waals surface area contributed by atoms with E-state index in [2.05, 4.69) is 53.3 Å². The molecule has 0 unspecified atom stereocenters. The number of rotatable bonds is 11. The van der Waals surface area contributed by atoms with E-state index in [9.17, 15) is 4.79 Å². The maximum atomic E-state index is 13.9. The number of carbonyl (C=O) groups is 1. The van der Waals surface area contributed by atoms with E-state index in [0.29, 0.717) is 6.79 Å². The molecule has 3 aromatic rings. The van der Waals surface area contributed by atoms with Crippen LogP contribution in [0.2, 0.25) is 0 Å². The van der Waals surface area contributed by atoms with Crippen molar-refractivity contribution in [2.75, 3.05) is 66.3 Å². The SMILES string of the molecule is CCN(CC)CCCn1c(C)c(C(=O)N2CCN(CCc3ccc4c(c3)OCO4)CC2)c2cc(OC)ccc21. The van der Waals surface area contributed by atoms with Gasteiger partial charge in [-0.1, -0.05) is 19.9 Å². The molecule has 1 amide bonds. The van der Waals surface area contributed by atoms with Crippen molar-refractivity contribution in [1.82, 2.24) is 19.3 Å². The summed E-state index contributed by atoms with van der Waals surface area (Å²) in [4.78, 5) is 20.9. The van der Waals surface area contributed by atoms with Gasteiger partial charge in [0.1, 0.15) is 5.75 Å². The van der Waals surface area contributed by atoms with Gasteiger partial charge >= 0.3 is 0 Å².